The molecule has 1 saturated carbocycles. The molecule has 1 aliphatic heterocycles. The first-order valence-corrected chi connectivity index (χ1v) is 8.76. The number of hydrogen-bond acceptors (Lipinski definition) is 9. The molecule has 0 spiro atoms. The lowest BCUT2D eigenvalue weighted by atomic mass is 10.0. The van der Waals surface area contributed by atoms with Crippen molar-refractivity contribution in [1.82, 2.24) is 9.55 Å². The largest absolute Gasteiger partial charge is 0.462 e. The van der Waals surface area contributed by atoms with E-state index in [1.54, 1.807) is 22.6 Å². The average molecular weight is 467 g/mol. The van der Waals surface area contributed by atoms with Crippen molar-refractivity contribution in [3.05, 3.63) is 20.3 Å². The van der Waals surface area contributed by atoms with Gasteiger partial charge in [0.1, 0.15) is 24.1 Å². The van der Waals surface area contributed by atoms with Crippen LogP contribution in [0.4, 0.5) is 5.82 Å². The summed E-state index contributed by atoms with van der Waals surface area (Å²) in [6.45, 7) is -0.547. The molecule has 1 aliphatic carbocycles. The van der Waals surface area contributed by atoms with Crippen molar-refractivity contribution in [2.75, 3.05) is 18.9 Å². The average Bonchev–Trinajstić information content (AvgIpc) is 3.37. The molecule has 0 radical (unpaired) electrons. The van der Waals surface area contributed by atoms with Gasteiger partial charge < -0.3 is 30.5 Å². The zero-order valence-corrected chi connectivity index (χ0v) is 15.2. The van der Waals surface area contributed by atoms with Crippen LogP contribution in [0.25, 0.3) is 0 Å². The number of esters is 1. The van der Waals surface area contributed by atoms with E-state index in [0.29, 0.717) is 3.57 Å². The van der Waals surface area contributed by atoms with Crippen molar-refractivity contribution in [2.45, 2.75) is 36.9 Å². The van der Waals surface area contributed by atoms with Crippen LogP contribution >= 0.6 is 22.6 Å². The third-order valence-corrected chi connectivity index (χ3v) is 5.15. The molecule has 25 heavy (non-hydrogen) atoms. The summed E-state index contributed by atoms with van der Waals surface area (Å²) in [5.41, 5.74) is 2.29. The number of nitrogens with zero attached hydrogens (tertiary/aromatic N) is 2. The highest BCUT2D eigenvalue weighted by Gasteiger charge is 2.62. The Balaban J connectivity index is 2.07. The van der Waals surface area contributed by atoms with Crippen molar-refractivity contribution in [2.24, 2.45) is 5.92 Å². The van der Waals surface area contributed by atoms with Crippen LogP contribution in [0.1, 0.15) is 12.8 Å². The van der Waals surface area contributed by atoms with Gasteiger partial charge in [0.25, 0.3) is 5.72 Å². The monoisotopic (exact) mass is 467 g/mol. The van der Waals surface area contributed by atoms with Gasteiger partial charge in [-0.25, -0.2) is 9.59 Å². The molecule has 0 amide bonds. The number of halogens is 1. The van der Waals surface area contributed by atoms with E-state index in [9.17, 15) is 24.9 Å². The Morgan fingerprint density at radius 2 is 2.20 bits per heavy atom. The number of ether oxygens (including phenoxy) is 2. The molecule has 3 rings (SSSR count). The van der Waals surface area contributed by atoms with Crippen molar-refractivity contribution in [3.63, 3.8) is 0 Å². The fourth-order valence-corrected chi connectivity index (χ4v) is 3.08. The Labute approximate surface area is 155 Å². The molecule has 4 atom stereocenters. The smallest absolute Gasteiger partial charge is 0.363 e. The van der Waals surface area contributed by atoms with E-state index in [1.807, 2.05) is 0 Å². The molecular formula is C14H18IN3O7. The highest BCUT2D eigenvalue weighted by atomic mass is 127. The van der Waals surface area contributed by atoms with E-state index < -0.39 is 42.3 Å². The Kier molecular flexibility index (Phi) is 5.03. The number of hydrogen-bond donors (Lipinski definition) is 4. The van der Waals surface area contributed by atoms with E-state index in [4.69, 9.17) is 15.2 Å². The van der Waals surface area contributed by atoms with E-state index in [2.05, 4.69) is 4.98 Å². The number of carbonyl (C=O) groups excluding carboxylic acids is 1. The van der Waals surface area contributed by atoms with Crippen molar-refractivity contribution < 1.29 is 29.6 Å². The van der Waals surface area contributed by atoms with Gasteiger partial charge in [0.2, 0.25) is 0 Å². The van der Waals surface area contributed by atoms with Gasteiger partial charge in [-0.05, 0) is 41.4 Å². The molecule has 2 heterocycles. The number of nitrogen functional groups attached to an aromatic ring is 1. The van der Waals surface area contributed by atoms with E-state index in [0.717, 1.165) is 17.4 Å². The SMILES string of the molecule is Nc1nc(=O)n([C@]2(C(=O)OCC3CC3)O[C@H](CO)[C@@H](O)[C@H]2O)cc1I. The van der Waals surface area contributed by atoms with Crippen molar-refractivity contribution in [3.8, 4) is 0 Å². The topological polar surface area (TPSA) is 157 Å². The number of nitrogens with two attached hydrogens (primary N) is 1. The zero-order chi connectivity index (χ0) is 18.4. The minimum Gasteiger partial charge on any atom is -0.462 e. The molecule has 0 unspecified atom stereocenters. The zero-order valence-electron chi connectivity index (χ0n) is 13.0. The van der Waals surface area contributed by atoms with Crippen LogP contribution in [0.2, 0.25) is 0 Å². The molecular weight excluding hydrogens is 449 g/mol. The fourth-order valence-electron chi connectivity index (χ4n) is 2.68. The minimum absolute atomic E-state index is 0.0462. The van der Waals surface area contributed by atoms with Gasteiger partial charge in [0.15, 0.2) is 0 Å². The lowest BCUT2D eigenvalue weighted by molar-refractivity contribution is -0.202. The van der Waals surface area contributed by atoms with Crippen LogP contribution in [-0.4, -0.2) is 62.4 Å². The third-order valence-electron chi connectivity index (χ3n) is 4.32. The fraction of sp³-hybridized carbons (Fsp3) is 0.643. The highest BCUT2D eigenvalue weighted by Crippen LogP contribution is 2.37. The maximum atomic E-state index is 12.7. The second-order valence-corrected chi connectivity index (χ2v) is 7.30. The molecule has 138 valence electrons. The predicted octanol–water partition coefficient (Wildman–Crippen LogP) is -1.85. The minimum atomic E-state index is -2.35. The Morgan fingerprint density at radius 3 is 2.76 bits per heavy atom. The van der Waals surface area contributed by atoms with E-state index in [-0.39, 0.29) is 18.3 Å². The van der Waals surface area contributed by atoms with E-state index in [1.165, 1.54) is 6.20 Å². The Bertz CT molecular complexity index is 738. The second kappa shape index (κ2) is 6.79. The van der Waals surface area contributed by atoms with Gasteiger partial charge in [-0.15, -0.1) is 0 Å². The quantitative estimate of drug-likeness (QED) is 0.288. The Morgan fingerprint density at radius 1 is 1.52 bits per heavy atom. The molecule has 10 nitrogen and oxygen atoms in total. The first-order valence-electron chi connectivity index (χ1n) is 7.68. The van der Waals surface area contributed by atoms with E-state index >= 15 is 0 Å². The van der Waals surface area contributed by atoms with Gasteiger partial charge >= 0.3 is 11.7 Å². The predicted molar refractivity (Wildman–Crippen MR) is 91.3 cm³/mol. The van der Waals surface area contributed by atoms with Gasteiger partial charge in [0, 0.05) is 6.20 Å². The number of carbonyl (C=O) groups is 1. The molecule has 2 aliphatic rings. The number of anilines is 1. The van der Waals surface area contributed by atoms with Crippen LogP contribution in [0.5, 0.6) is 0 Å². The lowest BCUT2D eigenvalue weighted by Gasteiger charge is -2.31. The number of aliphatic hydroxyl groups is 3. The summed E-state index contributed by atoms with van der Waals surface area (Å²) >= 11 is 1.80. The Hall–Kier alpha value is -1.28. The van der Waals surface area contributed by atoms with Gasteiger partial charge in [-0.1, -0.05) is 0 Å². The molecule has 1 saturated heterocycles. The van der Waals surface area contributed by atoms with Gasteiger partial charge in [-0.3, -0.25) is 4.57 Å². The summed E-state index contributed by atoms with van der Waals surface area (Å²) < 4.78 is 11.8. The molecule has 0 bridgehead atoms. The molecule has 11 heteroatoms. The molecule has 1 aromatic rings. The lowest BCUT2D eigenvalue weighted by Crippen LogP contribution is -2.56. The summed E-state index contributed by atoms with van der Waals surface area (Å²) in [5, 5.41) is 29.9. The maximum Gasteiger partial charge on any atom is 0.363 e. The normalized spacial score (nSPS) is 31.9. The van der Waals surface area contributed by atoms with Crippen LogP contribution in [0.15, 0.2) is 11.0 Å². The summed E-state index contributed by atoms with van der Waals surface area (Å²) in [4.78, 5) is 28.7. The molecule has 0 aromatic carbocycles. The maximum absolute atomic E-state index is 12.7. The first kappa shape index (κ1) is 18.5. The second-order valence-electron chi connectivity index (χ2n) is 6.14. The van der Waals surface area contributed by atoms with Crippen LogP contribution < -0.4 is 11.4 Å². The molecule has 5 N–H and O–H groups in total. The first-order chi connectivity index (χ1) is 11.8. The molecule has 2 fully saturated rings. The van der Waals surface area contributed by atoms with Gasteiger partial charge in [0.05, 0.1) is 16.8 Å². The van der Waals surface area contributed by atoms with Crippen molar-refractivity contribution >= 4 is 34.4 Å². The number of aromatic nitrogens is 2. The van der Waals surface area contributed by atoms with Gasteiger partial charge in [-0.2, -0.15) is 4.98 Å². The van der Waals surface area contributed by atoms with Crippen LogP contribution in [-0.2, 0) is 20.0 Å². The summed E-state index contributed by atoms with van der Waals surface area (Å²) in [6, 6.07) is 0. The standard InChI is InChI=1S/C14H18IN3O7/c15-7-3-18(13(23)17-11(7)16)14(12(22)24-5-6-1-2-6)10(21)9(20)8(4-19)25-14/h3,6,8-10,19-21H,1-2,4-5H2,(H2,16,17,23)/t8-,9-,10-,14+/m1/s1. The summed E-state index contributed by atoms with van der Waals surface area (Å²) in [5.74, 6) is -0.846. The number of rotatable bonds is 5. The molecule has 1 aromatic heterocycles. The highest BCUT2D eigenvalue weighted by molar-refractivity contribution is 14.1. The van der Waals surface area contributed by atoms with Crippen LogP contribution in [0, 0.1) is 9.49 Å². The summed E-state index contributed by atoms with van der Waals surface area (Å²) in [6.07, 6.45) is -1.67. The number of aliphatic hydroxyl groups excluding tert-OH is 3. The van der Waals surface area contributed by atoms with Crippen LogP contribution in [0.3, 0.4) is 0 Å². The third kappa shape index (κ3) is 3.14. The summed E-state index contributed by atoms with van der Waals surface area (Å²) in [7, 11) is 0. The van der Waals surface area contributed by atoms with Crippen molar-refractivity contribution in [1.29, 1.82) is 0 Å².